The molecule has 146 valence electrons. The molecule has 1 aliphatic rings. The summed E-state index contributed by atoms with van der Waals surface area (Å²) < 4.78 is 0. The van der Waals surface area contributed by atoms with Crippen LogP contribution in [0.2, 0.25) is 0 Å². The van der Waals surface area contributed by atoms with E-state index in [1.54, 1.807) is 31.3 Å². The maximum Gasteiger partial charge on any atom is 0.243 e. The van der Waals surface area contributed by atoms with Gasteiger partial charge in [-0.05, 0) is 37.0 Å². The van der Waals surface area contributed by atoms with Crippen molar-refractivity contribution in [3.05, 3.63) is 29.8 Å². The summed E-state index contributed by atoms with van der Waals surface area (Å²) in [4.78, 5) is 29.6. The van der Waals surface area contributed by atoms with Gasteiger partial charge in [-0.25, -0.2) is 0 Å². The first-order chi connectivity index (χ1) is 12.5. The highest BCUT2D eigenvalue weighted by Crippen LogP contribution is 2.19. The highest BCUT2D eigenvalue weighted by molar-refractivity contribution is 14.0. The molecule has 1 fully saturated rings. The van der Waals surface area contributed by atoms with Crippen molar-refractivity contribution in [3.8, 4) is 12.3 Å². The number of nitrogens with zero attached hydrogens (tertiary/aromatic N) is 2. The van der Waals surface area contributed by atoms with Gasteiger partial charge in [-0.1, -0.05) is 12.0 Å². The fraction of sp³-hybridized carbons (Fsp3) is 0.421. The third kappa shape index (κ3) is 7.46. The van der Waals surface area contributed by atoms with E-state index in [9.17, 15) is 9.59 Å². The molecule has 0 bridgehead atoms. The number of amides is 2. The van der Waals surface area contributed by atoms with Crippen molar-refractivity contribution < 1.29 is 9.59 Å². The number of benzene rings is 1. The van der Waals surface area contributed by atoms with Gasteiger partial charge in [0.15, 0.2) is 5.96 Å². The molecule has 4 N–H and O–H groups in total. The zero-order chi connectivity index (χ0) is 18.9. The summed E-state index contributed by atoms with van der Waals surface area (Å²) in [6.07, 6.45) is 7.68. The van der Waals surface area contributed by atoms with Crippen LogP contribution in [-0.4, -0.2) is 49.4 Å². The molecule has 8 heteroatoms. The molecule has 0 aliphatic carbocycles. The number of anilines is 1. The number of hydrogen-bond donors (Lipinski definition) is 3. The average molecular weight is 483 g/mol. The predicted molar refractivity (Wildman–Crippen MR) is 118 cm³/mol. The van der Waals surface area contributed by atoms with Crippen LogP contribution >= 0.6 is 24.0 Å². The van der Waals surface area contributed by atoms with Gasteiger partial charge in [-0.15, -0.1) is 30.4 Å². The molecule has 1 aromatic carbocycles. The Balaban J connectivity index is 0.00000364. The standard InChI is InChI=1S/C19H25N5O2.HI/c1-3-14-6-4-8-16(10-14)23-18(26)12-22-19(21-2)24-9-5-7-15(13-24)11-17(20)25;/h1,4,6,8,10,15H,5,7,9,11-13H2,2H3,(H2,20,25)(H,21,22)(H,23,26);1H. The number of nitrogens with one attached hydrogen (secondary N) is 2. The number of carbonyl (C=O) groups is 2. The van der Waals surface area contributed by atoms with Crippen LogP contribution in [0.5, 0.6) is 0 Å². The molecular weight excluding hydrogens is 457 g/mol. The average Bonchev–Trinajstić information content (AvgIpc) is 2.62. The number of likely N-dealkylation sites (tertiary alicyclic amines) is 1. The molecule has 2 amide bonds. The van der Waals surface area contributed by atoms with E-state index in [4.69, 9.17) is 12.2 Å². The topological polar surface area (TPSA) is 99.8 Å². The van der Waals surface area contributed by atoms with E-state index in [1.165, 1.54) is 0 Å². The summed E-state index contributed by atoms with van der Waals surface area (Å²) in [5.74, 6) is 2.93. The Kier molecular flexibility index (Phi) is 9.64. The molecule has 0 spiro atoms. The van der Waals surface area contributed by atoms with Gasteiger partial charge in [0.05, 0.1) is 6.54 Å². The normalized spacial score (nSPS) is 16.7. The Hall–Kier alpha value is -2.28. The molecule has 1 aromatic rings. The van der Waals surface area contributed by atoms with Crippen LogP contribution in [0.3, 0.4) is 0 Å². The monoisotopic (exact) mass is 483 g/mol. The van der Waals surface area contributed by atoms with Crippen LogP contribution in [0.25, 0.3) is 0 Å². The van der Waals surface area contributed by atoms with E-state index in [-0.39, 0.29) is 48.3 Å². The number of terminal acetylenes is 1. The van der Waals surface area contributed by atoms with E-state index >= 15 is 0 Å². The summed E-state index contributed by atoms with van der Waals surface area (Å²) >= 11 is 0. The fourth-order valence-corrected chi connectivity index (χ4v) is 3.09. The van der Waals surface area contributed by atoms with Gasteiger partial charge >= 0.3 is 0 Å². The van der Waals surface area contributed by atoms with E-state index < -0.39 is 0 Å². The second-order valence-electron chi connectivity index (χ2n) is 6.30. The molecule has 1 saturated heterocycles. The van der Waals surface area contributed by atoms with Crippen molar-refractivity contribution in [1.29, 1.82) is 0 Å². The molecule has 0 radical (unpaired) electrons. The molecule has 0 saturated carbocycles. The number of nitrogens with two attached hydrogens (primary N) is 1. The van der Waals surface area contributed by atoms with Crippen molar-refractivity contribution in [2.24, 2.45) is 16.6 Å². The van der Waals surface area contributed by atoms with E-state index in [2.05, 4.69) is 26.4 Å². The minimum Gasteiger partial charge on any atom is -0.370 e. The largest absolute Gasteiger partial charge is 0.370 e. The Morgan fingerprint density at radius 1 is 1.44 bits per heavy atom. The molecule has 1 atom stereocenters. The van der Waals surface area contributed by atoms with Gasteiger partial charge in [0.2, 0.25) is 11.8 Å². The molecule has 0 aromatic heterocycles. The van der Waals surface area contributed by atoms with E-state index in [0.717, 1.165) is 19.4 Å². The third-order valence-electron chi connectivity index (χ3n) is 4.24. The van der Waals surface area contributed by atoms with Crippen molar-refractivity contribution in [3.63, 3.8) is 0 Å². The fourth-order valence-electron chi connectivity index (χ4n) is 3.09. The summed E-state index contributed by atoms with van der Waals surface area (Å²) in [5.41, 5.74) is 6.66. The second kappa shape index (κ2) is 11.4. The van der Waals surface area contributed by atoms with Crippen molar-refractivity contribution >= 4 is 47.4 Å². The molecular formula is C19H26IN5O2. The lowest BCUT2D eigenvalue weighted by Gasteiger charge is -2.34. The highest BCUT2D eigenvalue weighted by atomic mass is 127. The van der Waals surface area contributed by atoms with Gasteiger partial charge in [0.1, 0.15) is 0 Å². The zero-order valence-corrected chi connectivity index (χ0v) is 17.7. The lowest BCUT2D eigenvalue weighted by atomic mass is 9.95. The molecule has 2 rings (SSSR count). The summed E-state index contributed by atoms with van der Waals surface area (Å²) in [6, 6.07) is 7.12. The van der Waals surface area contributed by atoms with Crippen LogP contribution in [0.15, 0.2) is 29.3 Å². The van der Waals surface area contributed by atoms with Crippen molar-refractivity contribution in [2.75, 3.05) is 32.0 Å². The van der Waals surface area contributed by atoms with Gasteiger partial charge < -0.3 is 21.3 Å². The summed E-state index contributed by atoms with van der Waals surface area (Å²) in [6.45, 7) is 1.62. The second-order valence-corrected chi connectivity index (χ2v) is 6.30. The maximum atomic E-state index is 12.2. The first kappa shape index (κ1) is 22.8. The first-order valence-electron chi connectivity index (χ1n) is 8.62. The molecule has 1 unspecified atom stereocenters. The molecule has 1 aliphatic heterocycles. The van der Waals surface area contributed by atoms with Crippen molar-refractivity contribution in [1.82, 2.24) is 10.2 Å². The lowest BCUT2D eigenvalue weighted by Crippen LogP contribution is -2.48. The van der Waals surface area contributed by atoms with Crippen LogP contribution in [0, 0.1) is 18.3 Å². The lowest BCUT2D eigenvalue weighted by molar-refractivity contribution is -0.119. The Morgan fingerprint density at radius 2 is 2.22 bits per heavy atom. The van der Waals surface area contributed by atoms with Crippen LogP contribution < -0.4 is 16.4 Å². The zero-order valence-electron chi connectivity index (χ0n) is 15.4. The number of carbonyl (C=O) groups excluding carboxylic acids is 2. The summed E-state index contributed by atoms with van der Waals surface area (Å²) in [5, 5.41) is 5.87. The van der Waals surface area contributed by atoms with Gasteiger partial charge in [0.25, 0.3) is 0 Å². The quantitative estimate of drug-likeness (QED) is 0.255. The van der Waals surface area contributed by atoms with Gasteiger partial charge in [0, 0.05) is 37.8 Å². The maximum absolute atomic E-state index is 12.2. The predicted octanol–water partition coefficient (Wildman–Crippen LogP) is 1.39. The molecule has 7 nitrogen and oxygen atoms in total. The van der Waals surface area contributed by atoms with Gasteiger partial charge in [-0.2, -0.15) is 0 Å². The number of piperidine rings is 1. The number of aliphatic imine (C=N–C) groups is 1. The van der Waals surface area contributed by atoms with Crippen LogP contribution in [0.4, 0.5) is 5.69 Å². The number of halogens is 1. The third-order valence-corrected chi connectivity index (χ3v) is 4.24. The molecule has 1 heterocycles. The smallest absolute Gasteiger partial charge is 0.243 e. The van der Waals surface area contributed by atoms with E-state index in [1.807, 2.05) is 0 Å². The number of hydrogen-bond acceptors (Lipinski definition) is 3. The van der Waals surface area contributed by atoms with Crippen LogP contribution in [0.1, 0.15) is 24.8 Å². The SMILES string of the molecule is C#Cc1cccc(NC(=O)CNC(=NC)N2CCCC(CC(N)=O)C2)c1.I. The summed E-state index contributed by atoms with van der Waals surface area (Å²) in [7, 11) is 1.67. The Bertz CT molecular complexity index is 729. The van der Waals surface area contributed by atoms with Crippen molar-refractivity contribution in [2.45, 2.75) is 19.3 Å². The van der Waals surface area contributed by atoms with Crippen LogP contribution in [-0.2, 0) is 9.59 Å². The number of rotatable bonds is 5. The minimum absolute atomic E-state index is 0. The first-order valence-corrected chi connectivity index (χ1v) is 8.62. The highest BCUT2D eigenvalue weighted by Gasteiger charge is 2.23. The van der Waals surface area contributed by atoms with E-state index in [0.29, 0.717) is 30.2 Å². The van der Waals surface area contributed by atoms with Gasteiger partial charge in [-0.3, -0.25) is 14.6 Å². The number of guanidine groups is 1. The minimum atomic E-state index is -0.284. The number of primary amides is 1. The Morgan fingerprint density at radius 3 is 2.89 bits per heavy atom. The Labute approximate surface area is 177 Å². The molecule has 27 heavy (non-hydrogen) atoms.